The zero-order valence-electron chi connectivity index (χ0n) is 9.75. The van der Waals surface area contributed by atoms with E-state index in [2.05, 4.69) is 25.9 Å². The molecule has 0 unspecified atom stereocenters. The minimum atomic E-state index is -0.0604. The van der Waals surface area contributed by atoms with Crippen molar-refractivity contribution < 1.29 is 0 Å². The number of hydrogen-bond acceptors (Lipinski definition) is 2. The molecule has 1 heterocycles. The van der Waals surface area contributed by atoms with Crippen molar-refractivity contribution in [2.24, 2.45) is 0 Å². The van der Waals surface area contributed by atoms with E-state index in [1.807, 2.05) is 31.2 Å². The van der Waals surface area contributed by atoms with E-state index in [0.29, 0.717) is 5.56 Å². The van der Waals surface area contributed by atoms with Crippen LogP contribution in [0.5, 0.6) is 0 Å². The first-order valence-electron chi connectivity index (χ1n) is 5.47. The van der Waals surface area contributed by atoms with Gasteiger partial charge in [-0.1, -0.05) is 35.0 Å². The Hall–Kier alpha value is -1.42. The van der Waals surface area contributed by atoms with Crippen molar-refractivity contribution in [3.05, 3.63) is 50.5 Å². The first-order valence-corrected chi connectivity index (χ1v) is 6.27. The summed E-state index contributed by atoms with van der Waals surface area (Å²) in [5.74, 6) is 0.721. The predicted octanol–water partition coefficient (Wildman–Crippen LogP) is 3.07. The molecule has 0 aliphatic heterocycles. The third-order valence-corrected chi connectivity index (χ3v) is 3.18. The number of benzene rings is 1. The van der Waals surface area contributed by atoms with E-state index < -0.39 is 0 Å². The Labute approximate surface area is 108 Å². The normalized spacial score (nSPS) is 10.5. The molecule has 0 amide bonds. The average Bonchev–Trinajstić information content (AvgIpc) is 2.34. The lowest BCUT2D eigenvalue weighted by atomic mass is 10.1. The monoisotopic (exact) mass is 292 g/mol. The van der Waals surface area contributed by atoms with Gasteiger partial charge in [0.05, 0.1) is 5.69 Å². The largest absolute Gasteiger partial charge is 0.310 e. The number of aromatic nitrogens is 2. The molecule has 0 saturated carbocycles. The molecule has 1 aromatic carbocycles. The lowest BCUT2D eigenvalue weighted by Crippen LogP contribution is -2.15. The molecule has 1 N–H and O–H groups in total. The molecule has 0 saturated heterocycles. The van der Waals surface area contributed by atoms with E-state index in [1.54, 1.807) is 6.92 Å². The summed E-state index contributed by atoms with van der Waals surface area (Å²) in [6.07, 6.45) is 0.721. The third kappa shape index (κ3) is 2.47. The molecule has 2 aromatic rings. The van der Waals surface area contributed by atoms with Crippen LogP contribution in [0.4, 0.5) is 0 Å². The molecule has 88 valence electrons. The number of nitrogens with zero attached hydrogens (tertiary/aromatic N) is 1. The van der Waals surface area contributed by atoms with Crippen molar-refractivity contribution >= 4 is 15.9 Å². The summed E-state index contributed by atoms with van der Waals surface area (Å²) in [5, 5.41) is 0. The van der Waals surface area contributed by atoms with Gasteiger partial charge in [0.2, 0.25) is 0 Å². The summed E-state index contributed by atoms with van der Waals surface area (Å²) < 4.78 is 1.01. The number of halogens is 1. The maximum Gasteiger partial charge on any atom is 0.254 e. The summed E-state index contributed by atoms with van der Waals surface area (Å²) in [4.78, 5) is 19.0. The molecule has 0 aliphatic carbocycles. The van der Waals surface area contributed by atoms with Gasteiger partial charge in [0.25, 0.3) is 5.56 Å². The molecule has 0 aliphatic rings. The van der Waals surface area contributed by atoms with Gasteiger partial charge in [0, 0.05) is 22.0 Å². The van der Waals surface area contributed by atoms with E-state index in [-0.39, 0.29) is 5.56 Å². The molecule has 0 fully saturated rings. The first-order chi connectivity index (χ1) is 8.11. The Morgan fingerprint density at radius 2 is 1.94 bits per heavy atom. The number of H-pyrrole nitrogens is 1. The van der Waals surface area contributed by atoms with Gasteiger partial charge >= 0.3 is 0 Å². The first kappa shape index (κ1) is 12.0. The quantitative estimate of drug-likeness (QED) is 0.925. The second-order valence-electron chi connectivity index (χ2n) is 3.85. The SMILES string of the molecule is CCc1nc(-c2ccc(Br)cc2)c(C)c(=O)[nH]1. The highest BCUT2D eigenvalue weighted by Gasteiger charge is 2.08. The zero-order valence-corrected chi connectivity index (χ0v) is 11.3. The zero-order chi connectivity index (χ0) is 12.4. The molecule has 3 nitrogen and oxygen atoms in total. The highest BCUT2D eigenvalue weighted by atomic mass is 79.9. The van der Waals surface area contributed by atoms with E-state index in [9.17, 15) is 4.79 Å². The van der Waals surface area contributed by atoms with Gasteiger partial charge in [0.15, 0.2) is 0 Å². The topological polar surface area (TPSA) is 45.8 Å². The maximum atomic E-state index is 11.8. The Morgan fingerprint density at radius 1 is 1.29 bits per heavy atom. The van der Waals surface area contributed by atoms with Crippen molar-refractivity contribution in [1.29, 1.82) is 0 Å². The highest BCUT2D eigenvalue weighted by Crippen LogP contribution is 2.21. The lowest BCUT2D eigenvalue weighted by molar-refractivity contribution is 0.912. The summed E-state index contributed by atoms with van der Waals surface area (Å²) in [6, 6.07) is 7.81. The molecule has 0 atom stereocenters. The van der Waals surface area contributed by atoms with Gasteiger partial charge in [-0.05, 0) is 19.1 Å². The van der Waals surface area contributed by atoms with E-state index in [4.69, 9.17) is 0 Å². The number of aryl methyl sites for hydroxylation is 1. The van der Waals surface area contributed by atoms with E-state index >= 15 is 0 Å². The standard InChI is InChI=1S/C13H13BrN2O/c1-3-11-15-12(8(2)13(17)16-11)9-4-6-10(14)7-5-9/h4-7H,3H2,1-2H3,(H,15,16,17). The molecule has 0 radical (unpaired) electrons. The smallest absolute Gasteiger partial charge is 0.254 e. The van der Waals surface area contributed by atoms with Crippen LogP contribution in [0.2, 0.25) is 0 Å². The van der Waals surface area contributed by atoms with Crippen LogP contribution in [0, 0.1) is 6.92 Å². The van der Waals surface area contributed by atoms with Gasteiger partial charge < -0.3 is 4.98 Å². The number of rotatable bonds is 2. The summed E-state index contributed by atoms with van der Waals surface area (Å²) >= 11 is 3.39. The van der Waals surface area contributed by atoms with Gasteiger partial charge in [-0.2, -0.15) is 0 Å². The molecule has 0 spiro atoms. The Morgan fingerprint density at radius 3 is 2.53 bits per heavy atom. The molecule has 17 heavy (non-hydrogen) atoms. The fraction of sp³-hybridized carbons (Fsp3) is 0.231. The number of aromatic amines is 1. The minimum absolute atomic E-state index is 0.0604. The summed E-state index contributed by atoms with van der Waals surface area (Å²) in [5.41, 5.74) is 2.32. The molecule has 2 rings (SSSR count). The summed E-state index contributed by atoms with van der Waals surface area (Å²) in [7, 11) is 0. The van der Waals surface area contributed by atoms with Crippen molar-refractivity contribution in [2.45, 2.75) is 20.3 Å². The van der Waals surface area contributed by atoms with Gasteiger partial charge in [-0.25, -0.2) is 4.98 Å². The van der Waals surface area contributed by atoms with Crippen LogP contribution in [0.1, 0.15) is 18.3 Å². The Kier molecular flexibility index (Phi) is 3.43. The van der Waals surface area contributed by atoms with Crippen LogP contribution in [-0.2, 0) is 6.42 Å². The Balaban J connectivity index is 2.62. The third-order valence-electron chi connectivity index (χ3n) is 2.65. The van der Waals surface area contributed by atoms with Gasteiger partial charge in [0.1, 0.15) is 5.82 Å². The second kappa shape index (κ2) is 4.84. The van der Waals surface area contributed by atoms with Crippen molar-refractivity contribution in [3.63, 3.8) is 0 Å². The van der Waals surface area contributed by atoms with E-state index in [1.165, 1.54) is 0 Å². The fourth-order valence-electron chi connectivity index (χ4n) is 1.64. The van der Waals surface area contributed by atoms with Gasteiger partial charge in [-0.3, -0.25) is 4.79 Å². The van der Waals surface area contributed by atoms with E-state index in [0.717, 1.165) is 28.0 Å². The molecule has 1 aromatic heterocycles. The average molecular weight is 293 g/mol. The van der Waals surface area contributed by atoms with Crippen molar-refractivity contribution in [3.8, 4) is 11.3 Å². The second-order valence-corrected chi connectivity index (χ2v) is 4.76. The fourth-order valence-corrected chi connectivity index (χ4v) is 1.90. The van der Waals surface area contributed by atoms with Crippen LogP contribution in [0.3, 0.4) is 0 Å². The minimum Gasteiger partial charge on any atom is -0.310 e. The van der Waals surface area contributed by atoms with Crippen molar-refractivity contribution in [1.82, 2.24) is 9.97 Å². The lowest BCUT2D eigenvalue weighted by Gasteiger charge is -2.06. The molecule has 4 heteroatoms. The molecular formula is C13H13BrN2O. The van der Waals surface area contributed by atoms with Crippen LogP contribution < -0.4 is 5.56 Å². The highest BCUT2D eigenvalue weighted by molar-refractivity contribution is 9.10. The van der Waals surface area contributed by atoms with Crippen molar-refractivity contribution in [2.75, 3.05) is 0 Å². The molecule has 0 bridgehead atoms. The molecular weight excluding hydrogens is 280 g/mol. The Bertz CT molecular complexity index is 587. The number of hydrogen-bond donors (Lipinski definition) is 1. The van der Waals surface area contributed by atoms with Crippen LogP contribution in [0.25, 0.3) is 11.3 Å². The van der Waals surface area contributed by atoms with Crippen LogP contribution in [-0.4, -0.2) is 9.97 Å². The number of nitrogens with one attached hydrogen (secondary N) is 1. The summed E-state index contributed by atoms with van der Waals surface area (Å²) in [6.45, 7) is 3.77. The predicted molar refractivity (Wildman–Crippen MR) is 72.1 cm³/mol. The van der Waals surface area contributed by atoms with Crippen LogP contribution in [0.15, 0.2) is 33.5 Å². The maximum absolute atomic E-state index is 11.8. The van der Waals surface area contributed by atoms with Crippen LogP contribution >= 0.6 is 15.9 Å². The van der Waals surface area contributed by atoms with Gasteiger partial charge in [-0.15, -0.1) is 0 Å².